The highest BCUT2D eigenvalue weighted by molar-refractivity contribution is 4.90. The molecule has 2 rings (SSSR count). The van der Waals surface area contributed by atoms with Gasteiger partial charge in [0.1, 0.15) is 0 Å². The van der Waals surface area contributed by atoms with E-state index in [2.05, 4.69) is 23.6 Å². The minimum atomic E-state index is 0.726. The van der Waals surface area contributed by atoms with Crippen LogP contribution in [0.5, 0.6) is 0 Å². The van der Waals surface area contributed by atoms with Crippen LogP contribution >= 0.6 is 0 Å². The van der Waals surface area contributed by atoms with Gasteiger partial charge in [-0.05, 0) is 51.7 Å². The molecule has 0 amide bonds. The predicted molar refractivity (Wildman–Crippen MR) is 73.1 cm³/mol. The van der Waals surface area contributed by atoms with Gasteiger partial charge in [0.15, 0.2) is 0 Å². The fourth-order valence-electron chi connectivity index (χ4n) is 3.40. The zero-order valence-electron chi connectivity index (χ0n) is 11.6. The topological polar surface area (TPSA) is 32.5 Å². The van der Waals surface area contributed by atoms with Crippen LogP contribution in [0.15, 0.2) is 0 Å². The van der Waals surface area contributed by atoms with E-state index in [4.69, 9.17) is 5.73 Å². The number of nitrogens with two attached hydrogens (primary N) is 1. The van der Waals surface area contributed by atoms with Crippen molar-refractivity contribution in [2.24, 2.45) is 11.7 Å². The number of hydrogen-bond donors (Lipinski definition) is 1. The molecule has 2 saturated heterocycles. The predicted octanol–water partition coefficient (Wildman–Crippen LogP) is 1.53. The molecule has 0 radical (unpaired) electrons. The first kappa shape index (κ1) is 13.3. The Bertz CT molecular complexity index is 228. The van der Waals surface area contributed by atoms with E-state index in [-0.39, 0.29) is 0 Å². The first-order chi connectivity index (χ1) is 8.24. The number of fused-ring (bicyclic) bond motifs is 1. The summed E-state index contributed by atoms with van der Waals surface area (Å²) in [6.45, 7) is 10.7. The zero-order valence-corrected chi connectivity index (χ0v) is 11.6. The second kappa shape index (κ2) is 6.17. The molecule has 2 heterocycles. The average Bonchev–Trinajstić information content (AvgIpc) is 2.77. The molecule has 2 aliphatic rings. The molecule has 0 bridgehead atoms. The van der Waals surface area contributed by atoms with E-state index in [1.165, 1.54) is 51.9 Å². The Morgan fingerprint density at radius 2 is 2.18 bits per heavy atom. The summed E-state index contributed by atoms with van der Waals surface area (Å²) in [4.78, 5) is 5.40. The Morgan fingerprint density at radius 3 is 2.88 bits per heavy atom. The van der Waals surface area contributed by atoms with E-state index in [1.807, 2.05) is 0 Å². The van der Waals surface area contributed by atoms with Crippen LogP contribution in [0.4, 0.5) is 0 Å². The quantitative estimate of drug-likeness (QED) is 0.790. The van der Waals surface area contributed by atoms with E-state index in [0.29, 0.717) is 0 Å². The van der Waals surface area contributed by atoms with Gasteiger partial charge < -0.3 is 5.73 Å². The third-order valence-corrected chi connectivity index (χ3v) is 4.80. The van der Waals surface area contributed by atoms with E-state index in [1.54, 1.807) is 0 Å². The highest BCUT2D eigenvalue weighted by atomic mass is 15.3. The van der Waals surface area contributed by atoms with Crippen molar-refractivity contribution in [3.05, 3.63) is 0 Å². The van der Waals surface area contributed by atoms with Gasteiger partial charge in [-0.15, -0.1) is 0 Å². The van der Waals surface area contributed by atoms with Gasteiger partial charge in [0.05, 0.1) is 0 Å². The normalized spacial score (nSPS) is 32.6. The lowest BCUT2D eigenvalue weighted by Gasteiger charge is -2.42. The first-order valence-electron chi connectivity index (χ1n) is 7.42. The zero-order chi connectivity index (χ0) is 12.3. The lowest BCUT2D eigenvalue weighted by Crippen LogP contribution is -2.55. The molecular formula is C14H29N3. The highest BCUT2D eigenvalue weighted by Crippen LogP contribution is 2.25. The Morgan fingerprint density at radius 1 is 1.35 bits per heavy atom. The molecule has 3 nitrogen and oxygen atoms in total. The molecule has 0 aliphatic carbocycles. The maximum atomic E-state index is 5.79. The van der Waals surface area contributed by atoms with Crippen molar-refractivity contribution in [2.45, 2.75) is 51.6 Å². The molecule has 2 N–H and O–H groups in total. The van der Waals surface area contributed by atoms with Crippen LogP contribution in [0.25, 0.3) is 0 Å². The van der Waals surface area contributed by atoms with Crippen molar-refractivity contribution >= 4 is 0 Å². The van der Waals surface area contributed by atoms with Crippen molar-refractivity contribution in [1.82, 2.24) is 9.80 Å². The summed E-state index contributed by atoms with van der Waals surface area (Å²) >= 11 is 0. The van der Waals surface area contributed by atoms with Crippen LogP contribution in [0.1, 0.15) is 39.5 Å². The Kier molecular flexibility index (Phi) is 4.83. The minimum Gasteiger partial charge on any atom is -0.330 e. The van der Waals surface area contributed by atoms with Crippen molar-refractivity contribution in [1.29, 1.82) is 0 Å². The summed E-state index contributed by atoms with van der Waals surface area (Å²) < 4.78 is 0. The third kappa shape index (κ3) is 3.21. The third-order valence-electron chi connectivity index (χ3n) is 4.80. The molecule has 0 saturated carbocycles. The monoisotopic (exact) mass is 239 g/mol. The van der Waals surface area contributed by atoms with Crippen LogP contribution < -0.4 is 5.73 Å². The minimum absolute atomic E-state index is 0.726. The van der Waals surface area contributed by atoms with Gasteiger partial charge in [-0.25, -0.2) is 0 Å². The maximum absolute atomic E-state index is 5.79. The van der Waals surface area contributed by atoms with E-state index >= 15 is 0 Å². The Hall–Kier alpha value is -0.120. The molecule has 3 heteroatoms. The van der Waals surface area contributed by atoms with Gasteiger partial charge in [0.25, 0.3) is 0 Å². The molecule has 0 spiro atoms. The molecule has 3 atom stereocenters. The fraction of sp³-hybridized carbons (Fsp3) is 1.00. The maximum Gasteiger partial charge on any atom is 0.0224 e. The molecule has 100 valence electrons. The number of nitrogens with zero attached hydrogens (tertiary/aromatic N) is 2. The average molecular weight is 239 g/mol. The largest absolute Gasteiger partial charge is 0.330 e. The van der Waals surface area contributed by atoms with Gasteiger partial charge >= 0.3 is 0 Å². The standard InChI is InChI=1S/C14H29N3/c1-3-13(9-15)6-8-16-11-14-5-4-7-17(14)10-12(16)2/h12-14H,3-11,15H2,1-2H3. The number of piperazine rings is 1. The van der Waals surface area contributed by atoms with E-state index in [0.717, 1.165) is 24.5 Å². The van der Waals surface area contributed by atoms with Crippen molar-refractivity contribution in [3.63, 3.8) is 0 Å². The Labute approximate surface area is 106 Å². The van der Waals surface area contributed by atoms with E-state index < -0.39 is 0 Å². The van der Waals surface area contributed by atoms with Gasteiger partial charge in [0.2, 0.25) is 0 Å². The van der Waals surface area contributed by atoms with Gasteiger partial charge in [-0.2, -0.15) is 0 Å². The molecule has 0 aromatic carbocycles. The molecule has 17 heavy (non-hydrogen) atoms. The van der Waals surface area contributed by atoms with Crippen LogP contribution in [-0.4, -0.2) is 54.6 Å². The molecule has 0 aromatic rings. The summed E-state index contributed by atoms with van der Waals surface area (Å²) in [6.07, 6.45) is 5.33. The second-order valence-corrected chi connectivity index (χ2v) is 5.93. The van der Waals surface area contributed by atoms with Crippen molar-refractivity contribution in [2.75, 3.05) is 32.7 Å². The molecule has 0 aromatic heterocycles. The van der Waals surface area contributed by atoms with Crippen LogP contribution in [0.3, 0.4) is 0 Å². The summed E-state index contributed by atoms with van der Waals surface area (Å²) in [5.74, 6) is 0.726. The lowest BCUT2D eigenvalue weighted by atomic mass is 10.0. The van der Waals surface area contributed by atoms with Gasteiger partial charge in [-0.3, -0.25) is 9.80 Å². The lowest BCUT2D eigenvalue weighted by molar-refractivity contribution is 0.0555. The summed E-state index contributed by atoms with van der Waals surface area (Å²) in [5.41, 5.74) is 5.79. The molecular weight excluding hydrogens is 210 g/mol. The fourth-order valence-corrected chi connectivity index (χ4v) is 3.40. The first-order valence-corrected chi connectivity index (χ1v) is 7.42. The van der Waals surface area contributed by atoms with Crippen LogP contribution in [-0.2, 0) is 0 Å². The molecule has 3 unspecified atom stereocenters. The van der Waals surface area contributed by atoms with Gasteiger partial charge in [0, 0.05) is 25.2 Å². The highest BCUT2D eigenvalue weighted by Gasteiger charge is 2.33. The summed E-state index contributed by atoms with van der Waals surface area (Å²) in [5, 5.41) is 0. The smallest absolute Gasteiger partial charge is 0.0224 e. The number of hydrogen-bond acceptors (Lipinski definition) is 3. The molecule has 2 aliphatic heterocycles. The van der Waals surface area contributed by atoms with Crippen LogP contribution in [0, 0.1) is 5.92 Å². The molecule has 2 fully saturated rings. The summed E-state index contributed by atoms with van der Waals surface area (Å²) in [7, 11) is 0. The number of rotatable bonds is 5. The van der Waals surface area contributed by atoms with E-state index in [9.17, 15) is 0 Å². The van der Waals surface area contributed by atoms with Gasteiger partial charge in [-0.1, -0.05) is 13.3 Å². The Balaban J connectivity index is 1.80. The SMILES string of the molecule is CCC(CN)CCN1CC2CCCN2CC1C. The second-order valence-electron chi connectivity index (χ2n) is 5.93. The van der Waals surface area contributed by atoms with Crippen molar-refractivity contribution in [3.8, 4) is 0 Å². The van der Waals surface area contributed by atoms with Crippen molar-refractivity contribution < 1.29 is 0 Å². The summed E-state index contributed by atoms with van der Waals surface area (Å²) in [6, 6.07) is 1.59. The van der Waals surface area contributed by atoms with Crippen LogP contribution in [0.2, 0.25) is 0 Å².